The number of pyridine rings is 1. The molecule has 1 saturated carbocycles. The van der Waals surface area contributed by atoms with E-state index in [9.17, 15) is 0 Å². The molecule has 5 heteroatoms. The molecular weight excluding hydrogens is 274 g/mol. The Hall–Kier alpha value is -2.82. The first-order chi connectivity index (χ1) is 10.8. The Balaban J connectivity index is 1.82. The van der Waals surface area contributed by atoms with Crippen molar-refractivity contribution in [2.45, 2.75) is 18.8 Å². The minimum Gasteiger partial charge on any atom is -0.382 e. The molecule has 22 heavy (non-hydrogen) atoms. The van der Waals surface area contributed by atoms with Crippen LogP contribution in [0.15, 0.2) is 42.7 Å². The summed E-state index contributed by atoms with van der Waals surface area (Å²) in [6.45, 7) is 0. The van der Waals surface area contributed by atoms with E-state index >= 15 is 0 Å². The maximum Gasteiger partial charge on any atom is 0.146 e. The highest BCUT2D eigenvalue weighted by Gasteiger charge is 2.27. The summed E-state index contributed by atoms with van der Waals surface area (Å²) in [7, 11) is 0. The number of fused-ring (bicyclic) bond motifs is 2. The van der Waals surface area contributed by atoms with Crippen LogP contribution < -0.4 is 5.73 Å². The Morgan fingerprint density at radius 2 is 2.09 bits per heavy atom. The van der Waals surface area contributed by atoms with Gasteiger partial charge in [-0.25, -0.2) is 4.52 Å². The van der Waals surface area contributed by atoms with E-state index in [1.54, 1.807) is 0 Å². The Morgan fingerprint density at radius 3 is 2.95 bits per heavy atom. The normalized spacial score (nSPS) is 14.9. The molecular formula is C17H15N5. The maximum absolute atomic E-state index is 5.79. The lowest BCUT2D eigenvalue weighted by molar-refractivity contribution is 0.968. The third-order valence-electron chi connectivity index (χ3n) is 4.44. The van der Waals surface area contributed by atoms with E-state index in [2.05, 4.69) is 39.6 Å². The van der Waals surface area contributed by atoms with Gasteiger partial charge < -0.3 is 5.73 Å². The second-order valence-corrected chi connectivity index (χ2v) is 5.99. The van der Waals surface area contributed by atoms with Gasteiger partial charge in [-0.2, -0.15) is 10.2 Å². The summed E-state index contributed by atoms with van der Waals surface area (Å²) in [5.41, 5.74) is 11.8. The Morgan fingerprint density at radius 1 is 1.18 bits per heavy atom. The van der Waals surface area contributed by atoms with Crippen LogP contribution in [0.25, 0.3) is 27.5 Å². The SMILES string of the molecule is Nc1cc2cc(-c3c(C4CC4)ccc4[nH]ncc34)ccn2n1. The van der Waals surface area contributed by atoms with E-state index in [0.29, 0.717) is 11.7 Å². The number of nitrogens with zero attached hydrogens (tertiary/aromatic N) is 3. The number of hydrogen-bond acceptors (Lipinski definition) is 3. The zero-order valence-electron chi connectivity index (χ0n) is 12.0. The summed E-state index contributed by atoms with van der Waals surface area (Å²) in [6.07, 6.45) is 6.44. The number of aromatic nitrogens is 4. The average Bonchev–Trinajstić information content (AvgIpc) is 3.13. The van der Waals surface area contributed by atoms with Gasteiger partial charge in [0.05, 0.1) is 17.2 Å². The second-order valence-electron chi connectivity index (χ2n) is 5.99. The summed E-state index contributed by atoms with van der Waals surface area (Å²) in [4.78, 5) is 0. The topological polar surface area (TPSA) is 72.0 Å². The smallest absolute Gasteiger partial charge is 0.146 e. The molecule has 0 saturated heterocycles. The molecule has 4 aromatic rings. The van der Waals surface area contributed by atoms with Gasteiger partial charge >= 0.3 is 0 Å². The minimum atomic E-state index is 0.543. The van der Waals surface area contributed by atoms with Crippen LogP contribution in [0.2, 0.25) is 0 Å². The van der Waals surface area contributed by atoms with E-state index in [-0.39, 0.29) is 0 Å². The zero-order valence-corrected chi connectivity index (χ0v) is 12.0. The molecule has 0 atom stereocenters. The van der Waals surface area contributed by atoms with Crippen LogP contribution in [-0.2, 0) is 0 Å². The molecule has 1 aliphatic carbocycles. The van der Waals surface area contributed by atoms with Crippen LogP contribution in [0.5, 0.6) is 0 Å². The molecule has 0 amide bonds. The van der Waals surface area contributed by atoms with Crippen molar-refractivity contribution in [3.63, 3.8) is 0 Å². The van der Waals surface area contributed by atoms with Gasteiger partial charge in [-0.1, -0.05) is 6.07 Å². The van der Waals surface area contributed by atoms with Crippen molar-refractivity contribution >= 4 is 22.2 Å². The van der Waals surface area contributed by atoms with Gasteiger partial charge in [0.2, 0.25) is 0 Å². The van der Waals surface area contributed by atoms with Gasteiger partial charge in [-0.05, 0) is 53.6 Å². The molecule has 5 nitrogen and oxygen atoms in total. The lowest BCUT2D eigenvalue weighted by atomic mass is 9.94. The minimum absolute atomic E-state index is 0.543. The van der Waals surface area contributed by atoms with E-state index in [4.69, 9.17) is 5.73 Å². The third kappa shape index (κ3) is 1.65. The predicted molar refractivity (Wildman–Crippen MR) is 86.7 cm³/mol. The van der Waals surface area contributed by atoms with Gasteiger partial charge in [-0.3, -0.25) is 5.10 Å². The average molecular weight is 289 g/mol. The molecule has 3 heterocycles. The van der Waals surface area contributed by atoms with E-state index in [1.807, 2.05) is 23.0 Å². The first-order valence-corrected chi connectivity index (χ1v) is 7.51. The summed E-state index contributed by atoms with van der Waals surface area (Å²) >= 11 is 0. The van der Waals surface area contributed by atoms with Crippen molar-refractivity contribution in [2.24, 2.45) is 0 Å². The molecule has 0 aliphatic heterocycles. The Bertz CT molecular complexity index is 1010. The van der Waals surface area contributed by atoms with Crippen molar-refractivity contribution in [1.82, 2.24) is 19.8 Å². The largest absolute Gasteiger partial charge is 0.382 e. The molecule has 5 rings (SSSR count). The lowest BCUT2D eigenvalue weighted by Crippen LogP contribution is -1.92. The number of nitrogens with one attached hydrogen (secondary N) is 1. The number of hydrogen-bond donors (Lipinski definition) is 2. The van der Waals surface area contributed by atoms with E-state index in [0.717, 1.165) is 11.0 Å². The lowest BCUT2D eigenvalue weighted by Gasteiger charge is -2.11. The van der Waals surface area contributed by atoms with Gasteiger partial charge in [0.25, 0.3) is 0 Å². The van der Waals surface area contributed by atoms with E-state index < -0.39 is 0 Å². The van der Waals surface area contributed by atoms with Crippen molar-refractivity contribution in [1.29, 1.82) is 0 Å². The first-order valence-electron chi connectivity index (χ1n) is 7.51. The number of H-pyrrole nitrogens is 1. The second kappa shape index (κ2) is 4.10. The van der Waals surface area contributed by atoms with E-state index in [1.165, 1.54) is 34.9 Å². The highest BCUT2D eigenvalue weighted by atomic mass is 15.2. The molecule has 0 bridgehead atoms. The fourth-order valence-corrected chi connectivity index (χ4v) is 3.26. The fourth-order valence-electron chi connectivity index (χ4n) is 3.26. The van der Waals surface area contributed by atoms with Crippen LogP contribution in [-0.4, -0.2) is 19.8 Å². The highest BCUT2D eigenvalue weighted by molar-refractivity contribution is 5.97. The van der Waals surface area contributed by atoms with Crippen LogP contribution in [0.1, 0.15) is 24.3 Å². The molecule has 3 N–H and O–H groups in total. The predicted octanol–water partition coefficient (Wildman–Crippen LogP) is 3.34. The first kappa shape index (κ1) is 11.8. The molecule has 0 spiro atoms. The number of anilines is 1. The summed E-state index contributed by atoms with van der Waals surface area (Å²) in [5.74, 6) is 1.22. The summed E-state index contributed by atoms with van der Waals surface area (Å²) in [6, 6.07) is 10.5. The van der Waals surface area contributed by atoms with Crippen molar-refractivity contribution in [3.05, 3.63) is 48.3 Å². The quantitative estimate of drug-likeness (QED) is 0.594. The Kier molecular flexibility index (Phi) is 2.20. The Labute approximate surface area is 126 Å². The molecule has 0 unspecified atom stereocenters. The van der Waals surface area contributed by atoms with Crippen LogP contribution in [0, 0.1) is 0 Å². The zero-order chi connectivity index (χ0) is 14.7. The third-order valence-corrected chi connectivity index (χ3v) is 4.44. The monoisotopic (exact) mass is 289 g/mol. The number of rotatable bonds is 2. The molecule has 1 aliphatic rings. The van der Waals surface area contributed by atoms with Gasteiger partial charge in [0.15, 0.2) is 0 Å². The van der Waals surface area contributed by atoms with Crippen LogP contribution >= 0.6 is 0 Å². The van der Waals surface area contributed by atoms with Gasteiger partial charge in [-0.15, -0.1) is 0 Å². The van der Waals surface area contributed by atoms with Gasteiger partial charge in [0.1, 0.15) is 5.82 Å². The molecule has 1 fully saturated rings. The number of aromatic amines is 1. The number of nitrogens with two attached hydrogens (primary N) is 1. The highest BCUT2D eigenvalue weighted by Crippen LogP contribution is 2.46. The number of benzene rings is 1. The molecule has 1 aromatic carbocycles. The fraction of sp³-hybridized carbons (Fsp3) is 0.176. The molecule has 3 aromatic heterocycles. The van der Waals surface area contributed by atoms with Crippen molar-refractivity contribution in [2.75, 3.05) is 5.73 Å². The van der Waals surface area contributed by atoms with Crippen LogP contribution in [0.4, 0.5) is 5.82 Å². The summed E-state index contributed by atoms with van der Waals surface area (Å²) < 4.78 is 1.81. The summed E-state index contributed by atoms with van der Waals surface area (Å²) in [5, 5.41) is 12.7. The molecule has 108 valence electrons. The van der Waals surface area contributed by atoms with Crippen molar-refractivity contribution in [3.8, 4) is 11.1 Å². The molecule has 0 radical (unpaired) electrons. The van der Waals surface area contributed by atoms with Crippen molar-refractivity contribution < 1.29 is 0 Å². The van der Waals surface area contributed by atoms with Gasteiger partial charge in [0, 0.05) is 17.6 Å². The maximum atomic E-state index is 5.79. The number of nitrogen functional groups attached to an aromatic ring is 1. The standard InChI is InChI=1S/C17H15N5/c18-16-8-12-7-11(5-6-22(12)21-16)17-13(10-1-2-10)3-4-15-14(17)9-19-20-15/h3-10H,1-2H2,(H2,18,21)(H,19,20). The van der Waals surface area contributed by atoms with Crippen LogP contribution in [0.3, 0.4) is 0 Å².